The number of nitrogens with zero attached hydrogens (tertiary/aromatic N) is 3. The molecule has 158 valence electrons. The second-order valence-electron chi connectivity index (χ2n) is 6.31. The molecule has 8 nitrogen and oxygen atoms in total. The van der Waals surface area contributed by atoms with E-state index in [0.29, 0.717) is 11.3 Å². The molecule has 1 atom stereocenters. The summed E-state index contributed by atoms with van der Waals surface area (Å²) in [6, 6.07) is 9.40. The van der Waals surface area contributed by atoms with Gasteiger partial charge in [0.25, 0.3) is 5.56 Å². The number of carbonyl (C=O) groups excluding carboxylic acids is 1. The Morgan fingerprint density at radius 3 is 2.53 bits per heavy atom. The SMILES string of the molecule is COc1cccc2c(=O)n(CC(=O)NC(C)c3ccc(OC(F)(F)F)cc3)nnc12. The standard InChI is InChI=1S/C19H17F3N4O4/c1-11(12-6-8-13(9-7-12)30-19(20,21)22)23-16(27)10-26-18(28)14-4-3-5-15(29-2)17(14)24-25-26/h3-9,11H,10H2,1-2H3,(H,23,27). The molecule has 3 aromatic rings. The van der Waals surface area contributed by atoms with Gasteiger partial charge in [0, 0.05) is 0 Å². The summed E-state index contributed by atoms with van der Waals surface area (Å²) in [5.41, 5.74) is 0.339. The van der Waals surface area contributed by atoms with E-state index in [-0.39, 0.29) is 23.2 Å². The van der Waals surface area contributed by atoms with E-state index in [0.717, 1.165) is 16.8 Å². The molecule has 11 heteroatoms. The smallest absolute Gasteiger partial charge is 0.494 e. The van der Waals surface area contributed by atoms with Crippen LogP contribution in [0.25, 0.3) is 10.9 Å². The Balaban J connectivity index is 1.69. The van der Waals surface area contributed by atoms with Gasteiger partial charge >= 0.3 is 6.36 Å². The first-order valence-corrected chi connectivity index (χ1v) is 8.73. The van der Waals surface area contributed by atoms with Gasteiger partial charge in [0.15, 0.2) is 0 Å². The molecule has 2 aromatic carbocycles. The number of amides is 1. The normalized spacial score (nSPS) is 12.4. The molecular weight excluding hydrogens is 405 g/mol. The van der Waals surface area contributed by atoms with Crippen molar-refractivity contribution in [3.05, 3.63) is 58.4 Å². The Bertz CT molecular complexity index is 1110. The fourth-order valence-corrected chi connectivity index (χ4v) is 2.81. The van der Waals surface area contributed by atoms with Crippen LogP contribution >= 0.6 is 0 Å². The quantitative estimate of drug-likeness (QED) is 0.656. The average Bonchev–Trinajstić information content (AvgIpc) is 2.69. The molecule has 1 amide bonds. The predicted molar refractivity (Wildman–Crippen MR) is 100 cm³/mol. The minimum absolute atomic E-state index is 0.255. The third-order valence-electron chi connectivity index (χ3n) is 4.22. The maximum Gasteiger partial charge on any atom is 0.573 e. The summed E-state index contributed by atoms with van der Waals surface area (Å²) in [6.45, 7) is 1.27. The van der Waals surface area contributed by atoms with Crippen LogP contribution in [0.2, 0.25) is 0 Å². The Morgan fingerprint density at radius 1 is 1.20 bits per heavy atom. The highest BCUT2D eigenvalue weighted by Gasteiger charge is 2.31. The van der Waals surface area contributed by atoms with Gasteiger partial charge in [-0.05, 0) is 36.8 Å². The highest BCUT2D eigenvalue weighted by molar-refractivity contribution is 5.83. The molecule has 0 fully saturated rings. The number of fused-ring (bicyclic) bond motifs is 1. The summed E-state index contributed by atoms with van der Waals surface area (Å²) >= 11 is 0. The number of nitrogens with one attached hydrogen (secondary N) is 1. The third-order valence-corrected chi connectivity index (χ3v) is 4.22. The van der Waals surface area contributed by atoms with E-state index >= 15 is 0 Å². The second kappa shape index (κ2) is 8.39. The number of aromatic nitrogens is 3. The number of carbonyl (C=O) groups is 1. The molecule has 0 aliphatic heterocycles. The van der Waals surface area contributed by atoms with E-state index in [1.54, 1.807) is 25.1 Å². The van der Waals surface area contributed by atoms with Gasteiger partial charge in [-0.3, -0.25) is 9.59 Å². The molecule has 0 saturated heterocycles. The first kappa shape index (κ1) is 21.1. The van der Waals surface area contributed by atoms with Gasteiger partial charge in [0.1, 0.15) is 23.6 Å². The number of methoxy groups -OCH3 is 1. The summed E-state index contributed by atoms with van der Waals surface area (Å²) in [5.74, 6) is -0.491. The summed E-state index contributed by atoms with van der Waals surface area (Å²) in [6.07, 6.45) is -4.78. The summed E-state index contributed by atoms with van der Waals surface area (Å²) in [7, 11) is 1.44. The van der Waals surface area contributed by atoms with Crippen molar-refractivity contribution in [2.75, 3.05) is 7.11 Å². The number of halogens is 3. The third kappa shape index (κ3) is 4.85. The molecule has 0 spiro atoms. The van der Waals surface area contributed by atoms with Crippen LogP contribution in [-0.4, -0.2) is 34.4 Å². The Kier molecular flexibility index (Phi) is 5.90. The Morgan fingerprint density at radius 2 is 1.90 bits per heavy atom. The van der Waals surface area contributed by atoms with Crippen molar-refractivity contribution in [2.24, 2.45) is 0 Å². The van der Waals surface area contributed by atoms with Crippen molar-refractivity contribution >= 4 is 16.8 Å². The van der Waals surface area contributed by atoms with Gasteiger partial charge in [-0.25, -0.2) is 4.68 Å². The minimum atomic E-state index is -4.78. The van der Waals surface area contributed by atoms with Crippen LogP contribution in [0.1, 0.15) is 18.5 Å². The zero-order valence-corrected chi connectivity index (χ0v) is 15.9. The van der Waals surface area contributed by atoms with Crippen molar-refractivity contribution in [2.45, 2.75) is 25.9 Å². The molecule has 1 unspecified atom stereocenters. The molecule has 1 heterocycles. The van der Waals surface area contributed by atoms with Crippen molar-refractivity contribution in [3.63, 3.8) is 0 Å². The summed E-state index contributed by atoms with van der Waals surface area (Å²) in [4.78, 5) is 24.9. The maximum atomic E-state index is 12.6. The van der Waals surface area contributed by atoms with Crippen molar-refractivity contribution in [3.8, 4) is 11.5 Å². The zero-order valence-electron chi connectivity index (χ0n) is 15.9. The maximum absolute atomic E-state index is 12.6. The second-order valence-corrected chi connectivity index (χ2v) is 6.31. The van der Waals surface area contributed by atoms with E-state index in [4.69, 9.17) is 4.74 Å². The van der Waals surface area contributed by atoms with Crippen molar-refractivity contribution in [1.29, 1.82) is 0 Å². The first-order valence-electron chi connectivity index (χ1n) is 8.73. The number of ether oxygens (including phenoxy) is 2. The molecule has 0 bridgehead atoms. The Hall–Kier alpha value is -3.63. The molecule has 0 aliphatic carbocycles. The number of rotatable bonds is 6. The van der Waals surface area contributed by atoms with Crippen LogP contribution in [0.3, 0.4) is 0 Å². The molecule has 1 aromatic heterocycles. The molecule has 0 aliphatic rings. The molecule has 0 radical (unpaired) electrons. The van der Waals surface area contributed by atoms with Gasteiger partial charge in [0.05, 0.1) is 18.5 Å². The van der Waals surface area contributed by atoms with E-state index in [1.807, 2.05) is 0 Å². The lowest BCUT2D eigenvalue weighted by Crippen LogP contribution is -2.35. The largest absolute Gasteiger partial charge is 0.573 e. The van der Waals surface area contributed by atoms with Crippen LogP contribution in [0, 0.1) is 0 Å². The average molecular weight is 422 g/mol. The first-order chi connectivity index (χ1) is 14.2. The van der Waals surface area contributed by atoms with Crippen molar-refractivity contribution < 1.29 is 27.4 Å². The van der Waals surface area contributed by atoms with Gasteiger partial charge in [-0.1, -0.05) is 23.4 Å². The molecule has 0 saturated carbocycles. The van der Waals surface area contributed by atoms with E-state index in [2.05, 4.69) is 20.4 Å². The number of alkyl halides is 3. The molecule has 30 heavy (non-hydrogen) atoms. The van der Waals surface area contributed by atoms with Crippen LogP contribution in [-0.2, 0) is 11.3 Å². The number of benzene rings is 2. The van der Waals surface area contributed by atoms with E-state index in [1.165, 1.54) is 19.2 Å². The Labute approximate surface area is 168 Å². The van der Waals surface area contributed by atoms with Gasteiger partial charge < -0.3 is 14.8 Å². The van der Waals surface area contributed by atoms with Gasteiger partial charge in [0.2, 0.25) is 5.91 Å². The van der Waals surface area contributed by atoms with Crippen LogP contribution in [0.4, 0.5) is 13.2 Å². The zero-order chi connectivity index (χ0) is 21.9. The number of hydrogen-bond acceptors (Lipinski definition) is 6. The lowest BCUT2D eigenvalue weighted by molar-refractivity contribution is -0.274. The highest BCUT2D eigenvalue weighted by Crippen LogP contribution is 2.24. The number of hydrogen-bond donors (Lipinski definition) is 1. The molecule has 1 N–H and O–H groups in total. The fourth-order valence-electron chi connectivity index (χ4n) is 2.81. The fraction of sp³-hybridized carbons (Fsp3) is 0.263. The van der Waals surface area contributed by atoms with Crippen molar-refractivity contribution in [1.82, 2.24) is 20.3 Å². The lowest BCUT2D eigenvalue weighted by Gasteiger charge is -2.15. The molecule has 3 rings (SSSR count). The van der Waals surface area contributed by atoms with E-state index < -0.39 is 23.9 Å². The topological polar surface area (TPSA) is 95.3 Å². The summed E-state index contributed by atoms with van der Waals surface area (Å²) < 4.78 is 46.6. The van der Waals surface area contributed by atoms with E-state index in [9.17, 15) is 22.8 Å². The summed E-state index contributed by atoms with van der Waals surface area (Å²) in [5, 5.41) is 10.6. The minimum Gasteiger partial charge on any atom is -0.494 e. The van der Waals surface area contributed by atoms with Crippen LogP contribution < -0.4 is 20.3 Å². The monoisotopic (exact) mass is 422 g/mol. The van der Waals surface area contributed by atoms with Gasteiger partial charge in [-0.2, -0.15) is 0 Å². The predicted octanol–water partition coefficient (Wildman–Crippen LogP) is 2.58. The highest BCUT2D eigenvalue weighted by atomic mass is 19.4. The van der Waals surface area contributed by atoms with Gasteiger partial charge in [-0.15, -0.1) is 18.3 Å². The lowest BCUT2D eigenvalue weighted by atomic mass is 10.1. The van der Waals surface area contributed by atoms with Crippen LogP contribution in [0.5, 0.6) is 11.5 Å². The molecular formula is C19H17F3N4O4. The van der Waals surface area contributed by atoms with Crippen LogP contribution in [0.15, 0.2) is 47.3 Å².